The number of halogens is 1. The lowest BCUT2D eigenvalue weighted by molar-refractivity contribution is -0.149. The van der Waals surface area contributed by atoms with Gasteiger partial charge in [0, 0.05) is 5.39 Å². The highest BCUT2D eigenvalue weighted by atomic mass is 19.1. The summed E-state index contributed by atoms with van der Waals surface area (Å²) >= 11 is 0. The zero-order valence-electron chi connectivity index (χ0n) is 16.5. The van der Waals surface area contributed by atoms with Crippen molar-refractivity contribution in [2.45, 2.75) is 38.2 Å². The Labute approximate surface area is 168 Å². The molecule has 6 heteroatoms. The molecule has 1 aromatic heterocycles. The van der Waals surface area contributed by atoms with E-state index in [9.17, 15) is 14.3 Å². The number of carboxylic acid groups (broad SMARTS) is 1. The van der Waals surface area contributed by atoms with Crippen molar-refractivity contribution in [2.24, 2.45) is 0 Å². The molecule has 5 nitrogen and oxygen atoms in total. The van der Waals surface area contributed by atoms with E-state index >= 15 is 0 Å². The first kappa shape index (κ1) is 19.5. The van der Waals surface area contributed by atoms with Crippen molar-refractivity contribution < 1.29 is 23.8 Å². The molecule has 0 amide bonds. The average molecular weight is 397 g/mol. The summed E-state index contributed by atoms with van der Waals surface area (Å²) in [6.45, 7) is 2.40. The number of ether oxygens (including phenoxy) is 2. The average Bonchev–Trinajstić information content (AvgIpc) is 3.11. The second kappa shape index (κ2) is 7.52. The number of fused-ring (bicyclic) bond motifs is 3. The molecule has 1 atom stereocenters. The van der Waals surface area contributed by atoms with E-state index in [1.54, 1.807) is 13.2 Å². The van der Waals surface area contributed by atoms with Gasteiger partial charge in [0.2, 0.25) is 0 Å². The second-order valence-electron chi connectivity index (χ2n) is 7.47. The van der Waals surface area contributed by atoms with Gasteiger partial charge in [-0.2, -0.15) is 0 Å². The topological polar surface area (TPSA) is 71.5 Å². The van der Waals surface area contributed by atoms with E-state index < -0.39 is 11.6 Å². The van der Waals surface area contributed by atoms with Gasteiger partial charge in [0.1, 0.15) is 17.2 Å². The predicted octanol–water partition coefficient (Wildman–Crippen LogP) is 5.03. The molecule has 0 radical (unpaired) electrons. The molecule has 0 spiro atoms. The molecule has 3 aromatic rings. The number of aromatic amines is 1. The fourth-order valence-corrected chi connectivity index (χ4v) is 4.48. The summed E-state index contributed by atoms with van der Waals surface area (Å²) in [4.78, 5) is 14.8. The molecule has 2 N–H and O–H groups in total. The molecular formula is C23H24FNO4. The van der Waals surface area contributed by atoms with Gasteiger partial charge in [-0.3, -0.25) is 4.79 Å². The zero-order chi connectivity index (χ0) is 20.6. The number of methoxy groups -OCH3 is 1. The summed E-state index contributed by atoms with van der Waals surface area (Å²) in [6.07, 6.45) is 1.77. The molecule has 0 fully saturated rings. The van der Waals surface area contributed by atoms with Crippen LogP contribution in [0.4, 0.5) is 4.39 Å². The predicted molar refractivity (Wildman–Crippen MR) is 109 cm³/mol. The van der Waals surface area contributed by atoms with Crippen LogP contribution in [0.2, 0.25) is 0 Å². The van der Waals surface area contributed by atoms with Gasteiger partial charge in [0.25, 0.3) is 0 Å². The van der Waals surface area contributed by atoms with E-state index in [-0.39, 0.29) is 12.2 Å². The molecule has 0 bridgehead atoms. The fourth-order valence-electron chi connectivity index (χ4n) is 4.48. The smallest absolute Gasteiger partial charge is 0.306 e. The molecule has 1 aliphatic rings. The Hall–Kier alpha value is -2.86. The second-order valence-corrected chi connectivity index (χ2v) is 7.47. The molecule has 2 heterocycles. The molecule has 0 saturated carbocycles. The number of nitrogens with one attached hydrogen (secondary N) is 1. The van der Waals surface area contributed by atoms with Crippen LogP contribution in [0.5, 0.6) is 5.75 Å². The van der Waals surface area contributed by atoms with E-state index in [1.807, 2.05) is 31.2 Å². The van der Waals surface area contributed by atoms with Crippen molar-refractivity contribution in [1.82, 2.24) is 4.98 Å². The Kier molecular flexibility index (Phi) is 5.04. The number of H-pyrrole nitrogens is 1. The number of hydrogen-bond donors (Lipinski definition) is 2. The first-order valence-electron chi connectivity index (χ1n) is 9.83. The van der Waals surface area contributed by atoms with Crippen molar-refractivity contribution >= 4 is 16.9 Å². The Morgan fingerprint density at radius 3 is 2.69 bits per heavy atom. The lowest BCUT2D eigenvalue weighted by atomic mass is 9.84. The molecule has 4 rings (SSSR count). The maximum atomic E-state index is 14.8. The Morgan fingerprint density at radius 2 is 2.03 bits per heavy atom. The monoisotopic (exact) mass is 397 g/mol. The van der Waals surface area contributed by atoms with Crippen molar-refractivity contribution in [1.29, 1.82) is 0 Å². The highest BCUT2D eigenvalue weighted by Crippen LogP contribution is 2.45. The molecule has 29 heavy (non-hydrogen) atoms. The highest BCUT2D eigenvalue weighted by Gasteiger charge is 2.42. The van der Waals surface area contributed by atoms with Gasteiger partial charge in [-0.15, -0.1) is 0 Å². The lowest BCUT2D eigenvalue weighted by Crippen LogP contribution is -2.37. The van der Waals surface area contributed by atoms with Crippen LogP contribution >= 0.6 is 0 Å². The molecule has 2 aromatic carbocycles. The normalized spacial score (nSPS) is 18.6. The van der Waals surface area contributed by atoms with E-state index in [2.05, 4.69) is 4.98 Å². The third-order valence-corrected chi connectivity index (χ3v) is 5.69. The largest absolute Gasteiger partial charge is 0.497 e. The zero-order valence-corrected chi connectivity index (χ0v) is 16.5. The Morgan fingerprint density at radius 1 is 1.28 bits per heavy atom. The summed E-state index contributed by atoms with van der Waals surface area (Å²) in [5.41, 5.74) is 2.94. The van der Waals surface area contributed by atoms with E-state index in [1.165, 1.54) is 6.07 Å². The van der Waals surface area contributed by atoms with Crippen LogP contribution in [0, 0.1) is 5.82 Å². The number of aromatic nitrogens is 1. The lowest BCUT2D eigenvalue weighted by Gasteiger charge is -2.36. The number of carboxylic acids is 1. The van der Waals surface area contributed by atoms with Gasteiger partial charge >= 0.3 is 5.97 Å². The van der Waals surface area contributed by atoms with E-state index in [4.69, 9.17) is 9.47 Å². The minimum absolute atomic E-state index is 0.153. The van der Waals surface area contributed by atoms with Crippen LogP contribution in [-0.2, 0) is 21.6 Å². The molecule has 1 aliphatic heterocycles. The minimum Gasteiger partial charge on any atom is -0.497 e. The summed E-state index contributed by atoms with van der Waals surface area (Å²) in [7, 11) is 1.61. The third kappa shape index (κ3) is 3.27. The SMILES string of the molecule is CCCC1(CC(=O)O)OCCc2c1[nH]c1c(F)ccc(-c3ccc(OC)cc3)c21. The van der Waals surface area contributed by atoms with Gasteiger partial charge in [-0.25, -0.2) is 4.39 Å². The molecular weight excluding hydrogens is 373 g/mol. The van der Waals surface area contributed by atoms with Crippen molar-refractivity contribution in [3.8, 4) is 16.9 Å². The molecule has 1 unspecified atom stereocenters. The minimum atomic E-state index is -0.962. The van der Waals surface area contributed by atoms with Crippen LogP contribution in [0.1, 0.15) is 37.4 Å². The fraction of sp³-hybridized carbons (Fsp3) is 0.348. The first-order chi connectivity index (χ1) is 14.0. The molecule has 152 valence electrons. The third-order valence-electron chi connectivity index (χ3n) is 5.69. The summed E-state index contributed by atoms with van der Waals surface area (Å²) in [5.74, 6) is -0.534. The van der Waals surface area contributed by atoms with Crippen molar-refractivity contribution in [2.75, 3.05) is 13.7 Å². The van der Waals surface area contributed by atoms with Gasteiger partial charge in [-0.1, -0.05) is 31.5 Å². The van der Waals surface area contributed by atoms with Gasteiger partial charge in [0.05, 0.1) is 31.3 Å². The quantitative estimate of drug-likeness (QED) is 0.612. The van der Waals surface area contributed by atoms with Crippen LogP contribution in [0.25, 0.3) is 22.0 Å². The van der Waals surface area contributed by atoms with Crippen LogP contribution in [-0.4, -0.2) is 29.8 Å². The van der Waals surface area contributed by atoms with E-state index in [0.29, 0.717) is 30.7 Å². The maximum Gasteiger partial charge on any atom is 0.306 e. The van der Waals surface area contributed by atoms with Crippen molar-refractivity contribution in [3.05, 3.63) is 53.5 Å². The Bertz CT molecular complexity index is 1060. The van der Waals surface area contributed by atoms with Crippen LogP contribution in [0.15, 0.2) is 36.4 Å². The van der Waals surface area contributed by atoms with E-state index in [0.717, 1.165) is 34.2 Å². The Balaban J connectivity index is 1.96. The van der Waals surface area contributed by atoms with Gasteiger partial charge in [0.15, 0.2) is 0 Å². The number of carbonyl (C=O) groups is 1. The van der Waals surface area contributed by atoms with Crippen molar-refractivity contribution in [3.63, 3.8) is 0 Å². The van der Waals surface area contributed by atoms with Gasteiger partial charge < -0.3 is 19.6 Å². The summed E-state index contributed by atoms with van der Waals surface area (Å²) < 4.78 is 26.1. The molecule has 0 saturated heterocycles. The number of benzene rings is 2. The number of hydrogen-bond acceptors (Lipinski definition) is 3. The summed E-state index contributed by atoms with van der Waals surface area (Å²) in [5, 5.41) is 10.3. The van der Waals surface area contributed by atoms with Crippen LogP contribution < -0.4 is 4.74 Å². The number of rotatable bonds is 6. The van der Waals surface area contributed by atoms with Gasteiger partial charge in [-0.05, 0) is 47.7 Å². The van der Waals surface area contributed by atoms with Crippen LogP contribution in [0.3, 0.4) is 0 Å². The molecule has 0 aliphatic carbocycles. The highest BCUT2D eigenvalue weighted by molar-refractivity contribution is 5.99. The first-order valence-corrected chi connectivity index (χ1v) is 9.83. The maximum absolute atomic E-state index is 14.8. The number of aliphatic carboxylic acids is 1. The standard InChI is InChI=1S/C23H24FNO4/c1-3-11-23(13-19(26)27)22-17(10-12-29-23)20-16(8-9-18(24)21(20)25-22)14-4-6-15(28-2)7-5-14/h4-9,25H,3,10-13H2,1-2H3,(H,26,27). The summed E-state index contributed by atoms with van der Waals surface area (Å²) in [6, 6.07) is 10.9.